The average Bonchev–Trinajstić information content (AvgIpc) is 2.73. The van der Waals surface area contributed by atoms with Crippen LogP contribution in [0.4, 0.5) is 13.2 Å². The Morgan fingerprint density at radius 2 is 1.87 bits per heavy atom. The van der Waals surface area contributed by atoms with E-state index in [1.807, 2.05) is 6.92 Å². The Morgan fingerprint density at radius 1 is 1.16 bits per heavy atom. The minimum absolute atomic E-state index is 0.0644. The van der Waals surface area contributed by atoms with Gasteiger partial charge in [0.1, 0.15) is 5.69 Å². The third-order valence-electron chi connectivity index (χ3n) is 5.70. The number of sulfone groups is 1. The summed E-state index contributed by atoms with van der Waals surface area (Å²) < 4.78 is 64.2. The van der Waals surface area contributed by atoms with Gasteiger partial charge >= 0.3 is 6.18 Å². The van der Waals surface area contributed by atoms with Crippen molar-refractivity contribution in [3.8, 4) is 0 Å². The third kappa shape index (κ3) is 5.44. The van der Waals surface area contributed by atoms with Crippen molar-refractivity contribution < 1.29 is 26.4 Å². The van der Waals surface area contributed by atoms with Gasteiger partial charge in [-0.1, -0.05) is 25.5 Å². The molecule has 1 fully saturated rings. The molecule has 2 unspecified atom stereocenters. The summed E-state index contributed by atoms with van der Waals surface area (Å²) >= 11 is 0. The number of likely N-dealkylation sites (tertiary alicyclic amines) is 1. The number of aromatic nitrogens is 1. The van der Waals surface area contributed by atoms with E-state index in [0.717, 1.165) is 37.5 Å². The van der Waals surface area contributed by atoms with Crippen LogP contribution in [-0.4, -0.2) is 36.8 Å². The predicted molar refractivity (Wildman–Crippen MR) is 110 cm³/mol. The molecule has 5 nitrogen and oxygen atoms in total. The molecule has 3 rings (SSSR count). The highest BCUT2D eigenvalue weighted by Gasteiger charge is 2.32. The van der Waals surface area contributed by atoms with Crippen LogP contribution in [0, 0.1) is 5.92 Å². The number of hydrogen-bond acceptors (Lipinski definition) is 4. The van der Waals surface area contributed by atoms with E-state index in [0.29, 0.717) is 18.5 Å². The van der Waals surface area contributed by atoms with Crippen molar-refractivity contribution in [3.63, 3.8) is 0 Å². The second kappa shape index (κ2) is 8.98. The molecule has 1 saturated heterocycles. The second-order valence-electron chi connectivity index (χ2n) is 7.96. The van der Waals surface area contributed by atoms with E-state index in [1.165, 1.54) is 12.1 Å². The van der Waals surface area contributed by atoms with Crippen LogP contribution in [-0.2, 0) is 21.8 Å². The van der Waals surface area contributed by atoms with Gasteiger partial charge in [0.15, 0.2) is 9.84 Å². The van der Waals surface area contributed by atoms with Gasteiger partial charge in [-0.2, -0.15) is 13.2 Å². The monoisotopic (exact) mass is 454 g/mol. The lowest BCUT2D eigenvalue weighted by molar-refractivity contribution is -0.137. The summed E-state index contributed by atoms with van der Waals surface area (Å²) in [5.41, 5.74) is -0.782. The highest BCUT2D eigenvalue weighted by molar-refractivity contribution is 7.90. The zero-order chi connectivity index (χ0) is 22.8. The fourth-order valence-corrected chi connectivity index (χ4v) is 5.08. The molecule has 2 aromatic rings. The molecule has 1 aromatic heterocycles. The van der Waals surface area contributed by atoms with Crippen LogP contribution in [0.5, 0.6) is 0 Å². The molecule has 9 heteroatoms. The molecule has 1 aliphatic rings. The number of pyridine rings is 1. The fourth-order valence-electron chi connectivity index (χ4n) is 3.77. The summed E-state index contributed by atoms with van der Waals surface area (Å²) in [6, 6.07) is 8.22. The molecule has 168 valence electrons. The maximum absolute atomic E-state index is 13.0. The Balaban J connectivity index is 1.83. The maximum Gasteiger partial charge on any atom is 0.416 e. The average molecular weight is 455 g/mol. The van der Waals surface area contributed by atoms with E-state index >= 15 is 0 Å². The zero-order valence-electron chi connectivity index (χ0n) is 17.4. The largest absolute Gasteiger partial charge is 0.416 e. The van der Waals surface area contributed by atoms with E-state index in [1.54, 1.807) is 11.0 Å². The second-order valence-corrected chi connectivity index (χ2v) is 9.95. The molecule has 1 aliphatic heterocycles. The lowest BCUT2D eigenvalue weighted by Gasteiger charge is -2.37. The van der Waals surface area contributed by atoms with Crippen LogP contribution in [0.1, 0.15) is 54.9 Å². The Morgan fingerprint density at radius 3 is 2.55 bits per heavy atom. The number of carbonyl (C=O) groups is 1. The number of halogens is 3. The van der Waals surface area contributed by atoms with E-state index in [2.05, 4.69) is 11.9 Å². The highest BCUT2D eigenvalue weighted by Crippen LogP contribution is 2.31. The first-order valence-corrected chi connectivity index (χ1v) is 11.8. The fraction of sp³-hybridized carbons (Fsp3) is 0.455. The summed E-state index contributed by atoms with van der Waals surface area (Å²) in [5, 5.41) is 0. The van der Waals surface area contributed by atoms with Crippen LogP contribution >= 0.6 is 0 Å². The predicted octanol–water partition coefficient (Wildman–Crippen LogP) is 4.73. The molecule has 0 spiro atoms. The molecule has 0 bridgehead atoms. The molecule has 0 saturated carbocycles. The van der Waals surface area contributed by atoms with Gasteiger partial charge in [0, 0.05) is 12.6 Å². The number of piperidine rings is 1. The van der Waals surface area contributed by atoms with Crippen molar-refractivity contribution in [2.24, 2.45) is 5.92 Å². The molecule has 0 N–H and O–H groups in total. The van der Waals surface area contributed by atoms with Gasteiger partial charge in [-0.3, -0.25) is 4.79 Å². The van der Waals surface area contributed by atoms with E-state index in [-0.39, 0.29) is 23.3 Å². The maximum atomic E-state index is 13.0. The normalized spacial score (nSPS) is 20.0. The highest BCUT2D eigenvalue weighted by atomic mass is 32.2. The minimum Gasteiger partial charge on any atom is -0.334 e. The van der Waals surface area contributed by atoms with Crippen molar-refractivity contribution in [3.05, 3.63) is 59.4 Å². The molecule has 2 atom stereocenters. The molecule has 1 aromatic carbocycles. The van der Waals surface area contributed by atoms with Crippen LogP contribution in [0.2, 0.25) is 0 Å². The van der Waals surface area contributed by atoms with Gasteiger partial charge in [0.2, 0.25) is 0 Å². The summed E-state index contributed by atoms with van der Waals surface area (Å²) in [7, 11) is -4.07. The lowest BCUT2D eigenvalue weighted by atomic mass is 9.91. The summed E-state index contributed by atoms with van der Waals surface area (Å²) in [5.74, 6) is -0.434. The third-order valence-corrected chi connectivity index (χ3v) is 7.35. The minimum atomic E-state index is -4.64. The molecular formula is C22H25F3N2O3S. The smallest absolute Gasteiger partial charge is 0.334 e. The van der Waals surface area contributed by atoms with Crippen molar-refractivity contribution in [2.75, 3.05) is 6.54 Å². The van der Waals surface area contributed by atoms with Gasteiger partial charge in [-0.15, -0.1) is 0 Å². The zero-order valence-corrected chi connectivity index (χ0v) is 18.2. The Hall–Kier alpha value is -2.42. The summed E-state index contributed by atoms with van der Waals surface area (Å²) in [6.45, 7) is 4.69. The first kappa shape index (κ1) is 23.2. The lowest BCUT2D eigenvalue weighted by Crippen LogP contribution is -2.45. The van der Waals surface area contributed by atoms with Crippen molar-refractivity contribution in [1.29, 1.82) is 0 Å². The molecule has 31 heavy (non-hydrogen) atoms. The van der Waals surface area contributed by atoms with Crippen molar-refractivity contribution >= 4 is 15.7 Å². The number of carbonyl (C=O) groups excluding carboxylic acids is 1. The van der Waals surface area contributed by atoms with E-state index < -0.39 is 32.2 Å². The van der Waals surface area contributed by atoms with Crippen molar-refractivity contribution in [1.82, 2.24) is 9.88 Å². The van der Waals surface area contributed by atoms with E-state index in [9.17, 15) is 26.4 Å². The van der Waals surface area contributed by atoms with Gasteiger partial charge in [0.25, 0.3) is 5.91 Å². The van der Waals surface area contributed by atoms with Crippen LogP contribution < -0.4 is 0 Å². The summed E-state index contributed by atoms with van der Waals surface area (Å²) in [4.78, 5) is 18.6. The quantitative estimate of drug-likeness (QED) is 0.655. The summed E-state index contributed by atoms with van der Waals surface area (Å²) in [6.07, 6.45) is -1.71. The standard InChI is InChI=1S/C22H25F3N2O3S/c1-3-16-11-10-15(2)27(13-16)21(28)20-9-5-7-18(26-20)14-31(29,30)19-8-4-6-17(12-19)22(23,24)25/h4-9,12,15-16H,3,10-11,13-14H2,1-2H3. The number of rotatable bonds is 5. The Kier molecular flexibility index (Phi) is 6.73. The first-order valence-electron chi connectivity index (χ1n) is 10.2. The molecule has 1 amide bonds. The Labute approximate surface area is 180 Å². The van der Waals surface area contributed by atoms with Gasteiger partial charge in [0.05, 0.1) is 21.9 Å². The van der Waals surface area contributed by atoms with Gasteiger partial charge < -0.3 is 4.90 Å². The van der Waals surface area contributed by atoms with Gasteiger partial charge in [-0.25, -0.2) is 13.4 Å². The first-order chi connectivity index (χ1) is 14.5. The van der Waals surface area contributed by atoms with E-state index in [4.69, 9.17) is 0 Å². The van der Waals surface area contributed by atoms with Crippen LogP contribution in [0.15, 0.2) is 47.4 Å². The van der Waals surface area contributed by atoms with Crippen LogP contribution in [0.25, 0.3) is 0 Å². The topological polar surface area (TPSA) is 67.3 Å². The van der Waals surface area contributed by atoms with Gasteiger partial charge in [-0.05, 0) is 56.0 Å². The number of benzene rings is 1. The molecule has 0 radical (unpaired) electrons. The Bertz CT molecular complexity index is 1050. The number of hydrogen-bond donors (Lipinski definition) is 0. The number of amides is 1. The number of alkyl halides is 3. The van der Waals surface area contributed by atoms with Crippen LogP contribution in [0.3, 0.4) is 0 Å². The SMILES string of the molecule is CCC1CCC(C)N(C(=O)c2cccc(CS(=O)(=O)c3cccc(C(F)(F)F)c3)n2)C1. The molecule has 0 aliphatic carbocycles. The molecule has 2 heterocycles. The molecular weight excluding hydrogens is 429 g/mol. The van der Waals surface area contributed by atoms with Crippen molar-refractivity contribution in [2.45, 2.75) is 56.0 Å². The number of nitrogens with zero attached hydrogens (tertiary/aromatic N) is 2.